The summed E-state index contributed by atoms with van der Waals surface area (Å²) in [5, 5.41) is 6.52. The van der Waals surface area contributed by atoms with Crippen molar-refractivity contribution in [1.82, 2.24) is 15.2 Å². The highest BCUT2D eigenvalue weighted by atomic mass is 79.9. The van der Waals surface area contributed by atoms with Crippen molar-refractivity contribution in [3.8, 4) is 11.4 Å². The Balaban J connectivity index is 2.23. The number of aromatic amines is 1. The predicted molar refractivity (Wildman–Crippen MR) is 65.5 cm³/mol. The Kier molecular flexibility index (Phi) is 3.53. The number of carbonyl (C=O) groups is 1. The number of rotatable bonds is 3. The number of hydrogen-bond donors (Lipinski definition) is 1. The molecule has 0 spiro atoms. The predicted octanol–water partition coefficient (Wildman–Crippen LogP) is 2.41. The molecule has 0 unspecified atom stereocenters. The van der Waals surface area contributed by atoms with E-state index in [1.54, 1.807) is 6.92 Å². The van der Waals surface area contributed by atoms with Crippen LogP contribution in [0.15, 0.2) is 28.7 Å². The van der Waals surface area contributed by atoms with Crippen molar-refractivity contribution in [2.24, 2.45) is 0 Å². The summed E-state index contributed by atoms with van der Waals surface area (Å²) in [7, 11) is 0. The van der Waals surface area contributed by atoms with Gasteiger partial charge in [-0.15, -0.1) is 0 Å². The SMILES string of the molecule is CCOC(=O)c1nc(-c2ccc(Br)cc2)n[nH]1. The highest BCUT2D eigenvalue weighted by Crippen LogP contribution is 2.18. The molecule has 88 valence electrons. The molecular weight excluding hydrogens is 286 g/mol. The third-order valence-corrected chi connectivity index (χ3v) is 2.59. The number of H-pyrrole nitrogens is 1. The number of carbonyl (C=O) groups excluding carboxylic acids is 1. The van der Waals surface area contributed by atoms with Crippen molar-refractivity contribution in [3.63, 3.8) is 0 Å². The standard InChI is InChI=1S/C11H10BrN3O2/c1-2-17-11(16)10-13-9(14-15-10)7-3-5-8(12)6-4-7/h3-6H,2H2,1H3,(H,13,14,15). The third-order valence-electron chi connectivity index (χ3n) is 2.06. The molecule has 0 saturated heterocycles. The van der Waals surface area contributed by atoms with E-state index >= 15 is 0 Å². The fourth-order valence-electron chi connectivity index (χ4n) is 1.28. The summed E-state index contributed by atoms with van der Waals surface area (Å²) in [5.41, 5.74) is 0.833. The Morgan fingerprint density at radius 2 is 2.12 bits per heavy atom. The van der Waals surface area contributed by atoms with Crippen LogP contribution >= 0.6 is 15.9 Å². The van der Waals surface area contributed by atoms with Crippen molar-refractivity contribution in [2.45, 2.75) is 6.92 Å². The second-order valence-electron chi connectivity index (χ2n) is 3.23. The number of benzene rings is 1. The molecule has 0 fully saturated rings. The Morgan fingerprint density at radius 3 is 2.76 bits per heavy atom. The van der Waals surface area contributed by atoms with E-state index in [1.165, 1.54) is 0 Å². The van der Waals surface area contributed by atoms with Gasteiger partial charge < -0.3 is 4.74 Å². The molecule has 0 aliphatic carbocycles. The van der Waals surface area contributed by atoms with Gasteiger partial charge in [0.25, 0.3) is 0 Å². The van der Waals surface area contributed by atoms with Crippen LogP contribution in [0.3, 0.4) is 0 Å². The molecule has 0 atom stereocenters. The third kappa shape index (κ3) is 2.71. The van der Waals surface area contributed by atoms with Crippen LogP contribution in [0, 0.1) is 0 Å². The van der Waals surface area contributed by atoms with E-state index in [0.717, 1.165) is 10.0 Å². The molecule has 1 aromatic heterocycles. The summed E-state index contributed by atoms with van der Waals surface area (Å²) in [6.45, 7) is 2.05. The van der Waals surface area contributed by atoms with Gasteiger partial charge in [-0.1, -0.05) is 28.1 Å². The Hall–Kier alpha value is -1.69. The van der Waals surface area contributed by atoms with Crippen LogP contribution in [-0.2, 0) is 4.74 Å². The molecular formula is C11H10BrN3O2. The number of aromatic nitrogens is 3. The average Bonchev–Trinajstić information content (AvgIpc) is 2.80. The first-order valence-electron chi connectivity index (χ1n) is 5.06. The maximum atomic E-state index is 11.4. The maximum absolute atomic E-state index is 11.4. The highest BCUT2D eigenvalue weighted by Gasteiger charge is 2.13. The second kappa shape index (κ2) is 5.09. The minimum atomic E-state index is -0.497. The van der Waals surface area contributed by atoms with Gasteiger partial charge >= 0.3 is 5.97 Å². The normalized spacial score (nSPS) is 10.2. The van der Waals surface area contributed by atoms with Crippen molar-refractivity contribution in [1.29, 1.82) is 0 Å². The number of nitrogens with one attached hydrogen (secondary N) is 1. The molecule has 0 bridgehead atoms. The molecule has 17 heavy (non-hydrogen) atoms. The van der Waals surface area contributed by atoms with Crippen LogP contribution in [0.25, 0.3) is 11.4 Å². The molecule has 1 aromatic carbocycles. The second-order valence-corrected chi connectivity index (χ2v) is 4.15. The number of hydrogen-bond acceptors (Lipinski definition) is 4. The first kappa shape index (κ1) is 11.8. The molecule has 0 aliphatic rings. The smallest absolute Gasteiger partial charge is 0.375 e. The number of ether oxygens (including phenoxy) is 1. The molecule has 0 saturated carbocycles. The van der Waals surface area contributed by atoms with E-state index in [1.807, 2.05) is 24.3 Å². The topological polar surface area (TPSA) is 67.9 Å². The van der Waals surface area contributed by atoms with E-state index < -0.39 is 5.97 Å². The lowest BCUT2D eigenvalue weighted by molar-refractivity contribution is 0.0512. The quantitative estimate of drug-likeness (QED) is 0.883. The molecule has 1 N–H and O–H groups in total. The van der Waals surface area contributed by atoms with E-state index in [2.05, 4.69) is 31.1 Å². The zero-order chi connectivity index (χ0) is 12.3. The molecule has 2 aromatic rings. The maximum Gasteiger partial charge on any atom is 0.375 e. The van der Waals surface area contributed by atoms with Gasteiger partial charge in [0, 0.05) is 10.0 Å². The largest absolute Gasteiger partial charge is 0.460 e. The highest BCUT2D eigenvalue weighted by molar-refractivity contribution is 9.10. The van der Waals surface area contributed by atoms with Gasteiger partial charge in [-0.25, -0.2) is 9.78 Å². The lowest BCUT2D eigenvalue weighted by atomic mass is 10.2. The zero-order valence-corrected chi connectivity index (χ0v) is 10.7. The van der Waals surface area contributed by atoms with Gasteiger partial charge in [0.05, 0.1) is 6.61 Å². The van der Waals surface area contributed by atoms with Crippen LogP contribution in [0.1, 0.15) is 17.5 Å². The van der Waals surface area contributed by atoms with Gasteiger partial charge in [-0.3, -0.25) is 5.10 Å². The Morgan fingerprint density at radius 1 is 1.41 bits per heavy atom. The van der Waals surface area contributed by atoms with Crippen LogP contribution in [0.4, 0.5) is 0 Å². The van der Waals surface area contributed by atoms with Crippen molar-refractivity contribution < 1.29 is 9.53 Å². The number of nitrogens with zero attached hydrogens (tertiary/aromatic N) is 2. The van der Waals surface area contributed by atoms with E-state index in [0.29, 0.717) is 12.4 Å². The first-order chi connectivity index (χ1) is 8.20. The van der Waals surface area contributed by atoms with Crippen molar-refractivity contribution in [2.75, 3.05) is 6.61 Å². The van der Waals surface area contributed by atoms with Crippen LogP contribution in [0.2, 0.25) is 0 Å². The van der Waals surface area contributed by atoms with Crippen LogP contribution in [0.5, 0.6) is 0 Å². The number of esters is 1. The fourth-order valence-corrected chi connectivity index (χ4v) is 1.54. The molecule has 0 amide bonds. The molecule has 0 aliphatic heterocycles. The molecule has 0 radical (unpaired) electrons. The summed E-state index contributed by atoms with van der Waals surface area (Å²) in [6, 6.07) is 7.50. The minimum Gasteiger partial charge on any atom is -0.460 e. The summed E-state index contributed by atoms with van der Waals surface area (Å²) in [6.07, 6.45) is 0. The van der Waals surface area contributed by atoms with Gasteiger partial charge in [-0.2, -0.15) is 5.10 Å². The van der Waals surface area contributed by atoms with E-state index in [4.69, 9.17) is 4.74 Å². The van der Waals surface area contributed by atoms with Crippen molar-refractivity contribution in [3.05, 3.63) is 34.6 Å². The zero-order valence-electron chi connectivity index (χ0n) is 9.11. The lowest BCUT2D eigenvalue weighted by Crippen LogP contribution is -2.06. The van der Waals surface area contributed by atoms with Gasteiger partial charge in [0.15, 0.2) is 5.82 Å². The summed E-state index contributed by atoms with van der Waals surface area (Å²) >= 11 is 3.34. The monoisotopic (exact) mass is 295 g/mol. The molecule has 5 nitrogen and oxygen atoms in total. The van der Waals surface area contributed by atoms with E-state index in [-0.39, 0.29) is 5.82 Å². The van der Waals surface area contributed by atoms with Crippen molar-refractivity contribution >= 4 is 21.9 Å². The van der Waals surface area contributed by atoms with Gasteiger partial charge in [0.1, 0.15) is 0 Å². The average molecular weight is 296 g/mol. The van der Waals surface area contributed by atoms with E-state index in [9.17, 15) is 4.79 Å². The molecule has 2 rings (SSSR count). The Labute approximate surface area is 106 Å². The lowest BCUT2D eigenvalue weighted by Gasteiger charge is -1.96. The van der Waals surface area contributed by atoms with Crippen LogP contribution in [-0.4, -0.2) is 27.8 Å². The van der Waals surface area contributed by atoms with Gasteiger partial charge in [0.2, 0.25) is 5.82 Å². The van der Waals surface area contributed by atoms with Gasteiger partial charge in [-0.05, 0) is 19.1 Å². The summed E-state index contributed by atoms with van der Waals surface area (Å²) in [5.74, 6) is 0.0914. The van der Waals surface area contributed by atoms with Crippen LogP contribution < -0.4 is 0 Å². The Bertz CT molecular complexity index is 522. The first-order valence-corrected chi connectivity index (χ1v) is 5.85. The minimum absolute atomic E-state index is 0.116. The molecule has 6 heteroatoms. The molecule has 1 heterocycles. The number of halogens is 1. The fraction of sp³-hybridized carbons (Fsp3) is 0.182. The summed E-state index contributed by atoms with van der Waals surface area (Å²) < 4.78 is 5.79. The summed E-state index contributed by atoms with van der Waals surface area (Å²) in [4.78, 5) is 15.5.